The fraction of sp³-hybridized carbons (Fsp3) is 0.250. The third-order valence-corrected chi connectivity index (χ3v) is 5.91. The summed E-state index contributed by atoms with van der Waals surface area (Å²) in [6, 6.07) is 8.72. The van der Waals surface area contributed by atoms with Gasteiger partial charge in [-0.05, 0) is 47.0 Å². The average Bonchev–Trinajstić information content (AvgIpc) is 2.50. The van der Waals surface area contributed by atoms with Crippen LogP contribution in [-0.2, 0) is 10.0 Å². The maximum atomic E-state index is 12.8. The lowest BCUT2D eigenvalue weighted by Crippen LogP contribution is -2.18. The van der Waals surface area contributed by atoms with Crippen molar-refractivity contribution in [3.05, 3.63) is 45.9 Å². The van der Waals surface area contributed by atoms with Crippen LogP contribution < -0.4 is 14.2 Å². The Hall–Kier alpha value is -1.73. The van der Waals surface area contributed by atoms with Gasteiger partial charge in [0.2, 0.25) is 0 Å². The monoisotopic (exact) mass is 397 g/mol. The number of hydrogen-bond acceptors (Lipinski definition) is 4. The molecule has 0 saturated carbocycles. The van der Waals surface area contributed by atoms with E-state index < -0.39 is 10.0 Å². The molecule has 2 aromatic carbocycles. The number of para-hydroxylation sites is 1. The van der Waals surface area contributed by atoms with Crippen LogP contribution in [0.2, 0.25) is 0 Å². The van der Waals surface area contributed by atoms with Gasteiger partial charge < -0.3 is 9.47 Å². The molecular weight excluding hydrogens is 382 g/mol. The van der Waals surface area contributed by atoms with Crippen molar-refractivity contribution in [2.24, 2.45) is 0 Å². The Balaban J connectivity index is 2.03. The number of halogens is 1. The van der Waals surface area contributed by atoms with E-state index in [1.54, 1.807) is 6.07 Å². The normalized spacial score (nSPS) is 13.7. The van der Waals surface area contributed by atoms with Gasteiger partial charge in [0.25, 0.3) is 10.0 Å². The lowest BCUT2D eigenvalue weighted by atomic mass is 10.1. The third-order valence-electron chi connectivity index (χ3n) is 3.60. The standard InChI is InChI=1S/C16H16BrNO4S/c1-10-4-3-5-11(2)16(10)18-23(19,20)15-9-14-13(8-12(15)17)21-6-7-22-14/h3-5,8-9,18H,6-7H2,1-2H3. The Morgan fingerprint density at radius 1 is 1.04 bits per heavy atom. The van der Waals surface area contributed by atoms with Crippen molar-refractivity contribution in [2.45, 2.75) is 18.7 Å². The van der Waals surface area contributed by atoms with Gasteiger partial charge in [-0.1, -0.05) is 18.2 Å². The zero-order valence-electron chi connectivity index (χ0n) is 12.7. The maximum absolute atomic E-state index is 12.8. The molecule has 1 N–H and O–H groups in total. The van der Waals surface area contributed by atoms with Gasteiger partial charge in [-0.15, -0.1) is 0 Å². The molecule has 0 fully saturated rings. The number of fused-ring (bicyclic) bond motifs is 1. The Kier molecular flexibility index (Phi) is 4.25. The van der Waals surface area contributed by atoms with Gasteiger partial charge in [-0.25, -0.2) is 8.42 Å². The van der Waals surface area contributed by atoms with Crippen molar-refractivity contribution >= 4 is 31.6 Å². The van der Waals surface area contributed by atoms with Crippen molar-refractivity contribution in [2.75, 3.05) is 17.9 Å². The molecule has 1 aliphatic rings. The number of anilines is 1. The second-order valence-corrected chi connectivity index (χ2v) is 7.80. The van der Waals surface area contributed by atoms with Crippen LogP contribution in [0.15, 0.2) is 39.7 Å². The van der Waals surface area contributed by atoms with Crippen LogP contribution in [0.3, 0.4) is 0 Å². The fourth-order valence-electron chi connectivity index (χ4n) is 2.42. The van der Waals surface area contributed by atoms with E-state index in [9.17, 15) is 8.42 Å². The van der Waals surface area contributed by atoms with E-state index in [2.05, 4.69) is 20.7 Å². The van der Waals surface area contributed by atoms with Gasteiger partial charge in [0.05, 0.1) is 5.69 Å². The van der Waals surface area contributed by atoms with Gasteiger partial charge in [0.15, 0.2) is 11.5 Å². The first-order chi connectivity index (χ1) is 10.9. The summed E-state index contributed by atoms with van der Waals surface area (Å²) >= 11 is 3.31. The molecule has 0 amide bonds. The van der Waals surface area contributed by atoms with Gasteiger partial charge in [0, 0.05) is 10.5 Å². The molecule has 0 aromatic heterocycles. The molecule has 1 aliphatic heterocycles. The van der Waals surface area contributed by atoms with Gasteiger partial charge in [-0.3, -0.25) is 4.72 Å². The van der Waals surface area contributed by atoms with Crippen LogP contribution >= 0.6 is 15.9 Å². The third kappa shape index (κ3) is 3.16. The minimum atomic E-state index is -3.75. The highest BCUT2D eigenvalue weighted by molar-refractivity contribution is 9.10. The number of nitrogens with one attached hydrogen (secondary N) is 1. The Labute approximate surface area is 143 Å². The molecule has 0 aliphatic carbocycles. The van der Waals surface area contributed by atoms with Crippen molar-refractivity contribution in [3.8, 4) is 11.5 Å². The predicted molar refractivity (Wildman–Crippen MR) is 91.9 cm³/mol. The van der Waals surface area contributed by atoms with Crippen LogP contribution in [0, 0.1) is 13.8 Å². The summed E-state index contributed by atoms with van der Waals surface area (Å²) < 4.78 is 39.6. The predicted octanol–water partition coefficient (Wildman–Crippen LogP) is 3.64. The molecule has 1 heterocycles. The minimum Gasteiger partial charge on any atom is -0.486 e. The molecule has 2 aromatic rings. The van der Waals surface area contributed by atoms with Crippen molar-refractivity contribution in [1.82, 2.24) is 0 Å². The topological polar surface area (TPSA) is 64.6 Å². The van der Waals surface area contributed by atoms with Gasteiger partial charge >= 0.3 is 0 Å². The lowest BCUT2D eigenvalue weighted by molar-refractivity contribution is 0.171. The SMILES string of the molecule is Cc1cccc(C)c1NS(=O)(=O)c1cc2c(cc1Br)OCCO2. The number of ether oxygens (including phenoxy) is 2. The number of rotatable bonds is 3. The molecule has 0 saturated heterocycles. The van der Waals surface area contributed by atoms with Crippen molar-refractivity contribution in [1.29, 1.82) is 0 Å². The first-order valence-electron chi connectivity index (χ1n) is 7.06. The zero-order valence-corrected chi connectivity index (χ0v) is 15.1. The number of sulfonamides is 1. The quantitative estimate of drug-likeness (QED) is 0.858. The molecule has 3 rings (SSSR count). The largest absolute Gasteiger partial charge is 0.486 e. The first-order valence-corrected chi connectivity index (χ1v) is 9.34. The summed E-state index contributed by atoms with van der Waals surface area (Å²) in [6.45, 7) is 4.58. The fourth-order valence-corrected chi connectivity index (χ4v) is 4.66. The van der Waals surface area contributed by atoms with Gasteiger partial charge in [-0.2, -0.15) is 0 Å². The number of hydrogen-bond donors (Lipinski definition) is 1. The molecule has 0 radical (unpaired) electrons. The van der Waals surface area contributed by atoms with E-state index in [-0.39, 0.29) is 4.90 Å². The number of aryl methyl sites for hydroxylation is 2. The van der Waals surface area contributed by atoms with Crippen molar-refractivity contribution < 1.29 is 17.9 Å². The maximum Gasteiger partial charge on any atom is 0.263 e. The zero-order chi connectivity index (χ0) is 16.6. The summed E-state index contributed by atoms with van der Waals surface area (Å²) in [6.07, 6.45) is 0. The molecule has 0 unspecified atom stereocenters. The van der Waals surface area contributed by atoms with E-state index >= 15 is 0 Å². The second-order valence-electron chi connectivity index (χ2n) is 5.30. The molecule has 23 heavy (non-hydrogen) atoms. The van der Waals surface area contributed by atoms with Crippen LogP contribution in [-0.4, -0.2) is 21.6 Å². The summed E-state index contributed by atoms with van der Waals surface area (Å²) in [7, 11) is -3.75. The Morgan fingerprint density at radius 2 is 1.61 bits per heavy atom. The highest BCUT2D eigenvalue weighted by atomic mass is 79.9. The molecule has 0 bridgehead atoms. The lowest BCUT2D eigenvalue weighted by Gasteiger charge is -2.20. The molecule has 0 atom stereocenters. The van der Waals surface area contributed by atoms with Crippen LogP contribution in [0.4, 0.5) is 5.69 Å². The van der Waals surface area contributed by atoms with Crippen LogP contribution in [0.1, 0.15) is 11.1 Å². The Morgan fingerprint density at radius 3 is 2.22 bits per heavy atom. The second kappa shape index (κ2) is 6.05. The summed E-state index contributed by atoms with van der Waals surface area (Å²) in [5, 5.41) is 0. The first kappa shape index (κ1) is 16.1. The summed E-state index contributed by atoms with van der Waals surface area (Å²) in [5.41, 5.74) is 2.32. The van der Waals surface area contributed by atoms with E-state index in [1.165, 1.54) is 6.07 Å². The molecular formula is C16H16BrNO4S. The van der Waals surface area contributed by atoms with E-state index in [4.69, 9.17) is 9.47 Å². The summed E-state index contributed by atoms with van der Waals surface area (Å²) in [5.74, 6) is 0.968. The van der Waals surface area contributed by atoms with Gasteiger partial charge in [0.1, 0.15) is 18.1 Å². The van der Waals surface area contributed by atoms with E-state index in [0.29, 0.717) is 34.9 Å². The molecule has 5 nitrogen and oxygen atoms in total. The van der Waals surface area contributed by atoms with E-state index in [0.717, 1.165) is 11.1 Å². The summed E-state index contributed by atoms with van der Waals surface area (Å²) in [4.78, 5) is 0.115. The molecule has 122 valence electrons. The van der Waals surface area contributed by atoms with Crippen LogP contribution in [0.5, 0.6) is 11.5 Å². The van der Waals surface area contributed by atoms with E-state index in [1.807, 2.05) is 32.0 Å². The molecule has 0 spiro atoms. The highest BCUT2D eigenvalue weighted by Gasteiger charge is 2.24. The average molecular weight is 398 g/mol. The smallest absolute Gasteiger partial charge is 0.263 e. The van der Waals surface area contributed by atoms with Crippen molar-refractivity contribution in [3.63, 3.8) is 0 Å². The van der Waals surface area contributed by atoms with Crippen LogP contribution in [0.25, 0.3) is 0 Å². The number of benzene rings is 2. The minimum absolute atomic E-state index is 0.115. The Bertz CT molecular complexity index is 844. The highest BCUT2D eigenvalue weighted by Crippen LogP contribution is 2.38. The molecule has 7 heteroatoms.